The number of hydrogen-bond donors (Lipinski definition) is 1. The van der Waals surface area contributed by atoms with Crippen LogP contribution < -0.4 is 5.48 Å². The van der Waals surface area contributed by atoms with Crippen molar-refractivity contribution in [2.75, 3.05) is 6.61 Å². The number of hydrogen-bond acceptors (Lipinski definition) is 5. The first-order chi connectivity index (χ1) is 10.9. The van der Waals surface area contributed by atoms with Gasteiger partial charge in [0.25, 0.3) is 0 Å². The van der Waals surface area contributed by atoms with Crippen LogP contribution in [0.3, 0.4) is 0 Å². The molecule has 1 aliphatic rings. The summed E-state index contributed by atoms with van der Waals surface area (Å²) in [6.07, 6.45) is -18.2. The zero-order valence-electron chi connectivity index (χ0n) is 13.1. The number of carbonyl (C=O) groups excluding carboxylic acids is 2. The first-order valence-electron chi connectivity index (χ1n) is 6.94. The van der Waals surface area contributed by atoms with E-state index in [-0.39, 0.29) is 0 Å². The number of carbonyl (C=O) groups is 2. The van der Waals surface area contributed by atoms with Crippen LogP contribution in [0.4, 0.5) is 26.7 Å². The molecule has 0 radical (unpaired) electrons. The second kappa shape index (κ2) is 7.95. The summed E-state index contributed by atoms with van der Waals surface area (Å²) in [6.45, 7) is 3.67. The summed E-state index contributed by atoms with van der Waals surface area (Å²) in [4.78, 5) is 26.9. The topological polar surface area (TPSA) is 73.9 Å². The Morgan fingerprint density at radius 3 is 1.83 bits per heavy atom. The van der Waals surface area contributed by atoms with Gasteiger partial charge in [-0.3, -0.25) is 4.84 Å². The second-order valence-corrected chi connectivity index (χ2v) is 6.07. The summed E-state index contributed by atoms with van der Waals surface area (Å²) >= 11 is 0. The van der Waals surface area contributed by atoms with E-state index >= 15 is 0 Å². The van der Waals surface area contributed by atoms with Gasteiger partial charge in [0, 0.05) is 0 Å². The maximum Gasteiger partial charge on any atom is 0.431 e. The van der Waals surface area contributed by atoms with Crippen molar-refractivity contribution in [3.8, 4) is 0 Å². The maximum absolute atomic E-state index is 13.5. The molecule has 0 aromatic heterocycles. The van der Waals surface area contributed by atoms with E-state index in [0.29, 0.717) is 0 Å². The van der Waals surface area contributed by atoms with Gasteiger partial charge in [-0.1, -0.05) is 0 Å². The number of nitrogens with one attached hydrogen (secondary N) is 1. The lowest BCUT2D eigenvalue weighted by molar-refractivity contribution is -0.182. The lowest BCUT2D eigenvalue weighted by Crippen LogP contribution is -2.58. The first-order valence-corrected chi connectivity index (χ1v) is 6.94. The Balaban J connectivity index is 2.45. The predicted octanol–water partition coefficient (Wildman–Crippen LogP) is 2.06. The highest BCUT2D eigenvalue weighted by Gasteiger charge is 2.55. The first kappa shape index (κ1) is 20.4. The van der Waals surface area contributed by atoms with Crippen LogP contribution in [0.5, 0.6) is 0 Å². The number of rotatable bonds is 4. The molecule has 1 saturated carbocycles. The Kier molecular flexibility index (Phi) is 6.76. The van der Waals surface area contributed by atoms with Gasteiger partial charge in [-0.15, -0.1) is 0 Å². The molecule has 0 aromatic carbocycles. The number of hydroxylamine groups is 1. The van der Waals surface area contributed by atoms with Crippen molar-refractivity contribution in [1.82, 2.24) is 5.48 Å². The van der Waals surface area contributed by atoms with Crippen molar-refractivity contribution in [3.05, 3.63) is 0 Å². The summed E-state index contributed by atoms with van der Waals surface area (Å²) in [5.74, 6) is -1.42. The quantitative estimate of drug-likeness (QED) is 0.470. The van der Waals surface area contributed by atoms with Gasteiger partial charge in [-0.05, 0) is 20.8 Å². The van der Waals surface area contributed by atoms with E-state index in [2.05, 4.69) is 9.57 Å². The highest BCUT2D eigenvalue weighted by atomic mass is 19.2. The molecule has 140 valence electrons. The number of halogens is 5. The molecule has 11 heteroatoms. The van der Waals surface area contributed by atoms with E-state index in [1.807, 2.05) is 0 Å². The minimum absolute atomic E-state index is 0.839. The molecule has 0 heterocycles. The van der Waals surface area contributed by atoms with Gasteiger partial charge < -0.3 is 9.47 Å². The number of amides is 1. The van der Waals surface area contributed by atoms with E-state index in [4.69, 9.17) is 4.74 Å². The van der Waals surface area contributed by atoms with Crippen molar-refractivity contribution in [2.45, 2.75) is 63.3 Å². The zero-order valence-corrected chi connectivity index (χ0v) is 13.1. The van der Waals surface area contributed by atoms with Crippen molar-refractivity contribution in [1.29, 1.82) is 0 Å². The van der Waals surface area contributed by atoms with E-state index in [9.17, 15) is 31.5 Å². The van der Waals surface area contributed by atoms with Crippen molar-refractivity contribution in [2.24, 2.45) is 0 Å². The van der Waals surface area contributed by atoms with Gasteiger partial charge in [0.15, 0.2) is 43.6 Å². The Morgan fingerprint density at radius 1 is 0.917 bits per heavy atom. The van der Waals surface area contributed by atoms with Crippen LogP contribution in [-0.4, -0.2) is 61.2 Å². The molecule has 3 unspecified atom stereocenters. The Morgan fingerprint density at radius 2 is 1.38 bits per heavy atom. The molecule has 0 aromatic rings. The monoisotopic (exact) mass is 363 g/mol. The normalized spacial score (nSPS) is 33.7. The van der Waals surface area contributed by atoms with Crippen LogP contribution in [0, 0.1) is 0 Å². The average Bonchev–Trinajstić information content (AvgIpc) is 2.45. The van der Waals surface area contributed by atoms with Gasteiger partial charge in [-0.2, -0.15) is 5.48 Å². The molecule has 0 spiro atoms. The fourth-order valence-electron chi connectivity index (χ4n) is 1.83. The third kappa shape index (κ3) is 5.46. The molecule has 6 atom stereocenters. The average molecular weight is 363 g/mol. The van der Waals surface area contributed by atoms with Crippen LogP contribution in [-0.2, 0) is 19.1 Å². The van der Waals surface area contributed by atoms with Crippen LogP contribution >= 0.6 is 0 Å². The second-order valence-electron chi connectivity index (χ2n) is 6.07. The molecule has 0 bridgehead atoms. The SMILES string of the molecule is CC(C)(C)OC(=O)NOCC(=O)OC1C(F)[C@@H](F)[C@@H](F)C(F)[C@H]1F. The lowest BCUT2D eigenvalue weighted by Gasteiger charge is -2.35. The fraction of sp³-hybridized carbons (Fsp3) is 0.846. The number of esters is 1. The predicted molar refractivity (Wildman–Crippen MR) is 69.7 cm³/mol. The summed E-state index contributed by atoms with van der Waals surface area (Å²) in [6, 6.07) is 0. The summed E-state index contributed by atoms with van der Waals surface area (Å²) < 4.78 is 75.2. The number of ether oxygens (including phenoxy) is 2. The molecule has 24 heavy (non-hydrogen) atoms. The third-order valence-corrected chi connectivity index (χ3v) is 2.86. The van der Waals surface area contributed by atoms with E-state index in [1.165, 1.54) is 0 Å². The Hall–Kier alpha value is -1.65. The summed E-state index contributed by atoms with van der Waals surface area (Å²) in [7, 11) is 0. The molecule has 1 rings (SSSR count). The molecule has 1 N–H and O–H groups in total. The van der Waals surface area contributed by atoms with Gasteiger partial charge in [0.2, 0.25) is 0 Å². The van der Waals surface area contributed by atoms with Gasteiger partial charge in [-0.25, -0.2) is 31.5 Å². The highest BCUT2D eigenvalue weighted by molar-refractivity contribution is 5.71. The Labute approximate surface area is 134 Å². The van der Waals surface area contributed by atoms with Crippen LogP contribution in [0.2, 0.25) is 0 Å². The van der Waals surface area contributed by atoms with E-state index in [0.717, 1.165) is 0 Å². The molecule has 0 saturated heterocycles. The van der Waals surface area contributed by atoms with Crippen LogP contribution in [0.1, 0.15) is 20.8 Å². The lowest BCUT2D eigenvalue weighted by atomic mass is 9.89. The van der Waals surface area contributed by atoms with Crippen LogP contribution in [0.25, 0.3) is 0 Å². The molecule has 6 nitrogen and oxygen atoms in total. The number of alkyl halides is 5. The zero-order chi connectivity index (χ0) is 18.7. The van der Waals surface area contributed by atoms with Crippen LogP contribution in [0.15, 0.2) is 0 Å². The third-order valence-electron chi connectivity index (χ3n) is 2.86. The van der Waals surface area contributed by atoms with Gasteiger partial charge in [0.05, 0.1) is 0 Å². The minimum Gasteiger partial charge on any atom is -0.454 e. The molecule has 1 fully saturated rings. The highest BCUT2D eigenvalue weighted by Crippen LogP contribution is 2.33. The molecular weight excluding hydrogens is 345 g/mol. The van der Waals surface area contributed by atoms with Gasteiger partial charge >= 0.3 is 12.1 Å². The molecular formula is C13H18F5NO5. The largest absolute Gasteiger partial charge is 0.454 e. The minimum atomic E-state index is -2.99. The molecule has 1 aliphatic carbocycles. The van der Waals surface area contributed by atoms with Gasteiger partial charge in [0.1, 0.15) is 5.60 Å². The fourth-order valence-corrected chi connectivity index (χ4v) is 1.83. The van der Waals surface area contributed by atoms with Crippen molar-refractivity contribution in [3.63, 3.8) is 0 Å². The van der Waals surface area contributed by atoms with Crippen molar-refractivity contribution < 1.29 is 45.9 Å². The summed E-state index contributed by atoms with van der Waals surface area (Å²) in [5, 5.41) is 0. The standard InChI is InChI=1S/C13H18F5NO5/c1-13(2,3)24-12(21)19-22-4-5(20)23-11-9(17)7(15)6(14)8(16)10(11)18/h6-11H,4H2,1-3H3,(H,19,21)/t6-,7+,8?,9?,10-,11?/m1/s1. The smallest absolute Gasteiger partial charge is 0.431 e. The van der Waals surface area contributed by atoms with E-state index < -0.39 is 61.2 Å². The molecule has 1 amide bonds. The summed E-state index contributed by atoms with van der Waals surface area (Å²) in [5.41, 5.74) is 0.858. The van der Waals surface area contributed by atoms with Crippen molar-refractivity contribution >= 4 is 12.1 Å². The maximum atomic E-state index is 13.5. The van der Waals surface area contributed by atoms with E-state index in [1.54, 1.807) is 26.3 Å². The molecule has 0 aliphatic heterocycles. The Bertz CT molecular complexity index is 445.